The van der Waals surface area contributed by atoms with E-state index in [0.29, 0.717) is 23.4 Å². The van der Waals surface area contributed by atoms with Gasteiger partial charge in [0.05, 0.1) is 0 Å². The quantitative estimate of drug-likeness (QED) is 0.304. The molecule has 1 heterocycles. The lowest BCUT2D eigenvalue weighted by molar-refractivity contribution is -0.129. The molecule has 0 aliphatic heterocycles. The van der Waals surface area contributed by atoms with E-state index in [1.165, 1.54) is 19.1 Å². The first-order valence-electron chi connectivity index (χ1n) is 9.20. The topological polar surface area (TPSA) is 85.6 Å². The SMILES string of the molecule is CCc1cc2c(C)cc(=O)oc2cc1OC(=O)/C=C/c1ccc(NC(C)=O)cc1. The Kier molecular flexibility index (Phi) is 5.93. The Morgan fingerprint density at radius 3 is 2.52 bits per heavy atom. The summed E-state index contributed by atoms with van der Waals surface area (Å²) in [6.45, 7) is 5.23. The molecular formula is C23H21NO5. The lowest BCUT2D eigenvalue weighted by Gasteiger charge is -2.10. The van der Waals surface area contributed by atoms with E-state index in [4.69, 9.17) is 9.15 Å². The van der Waals surface area contributed by atoms with Crippen LogP contribution in [0.2, 0.25) is 0 Å². The standard InChI is InChI=1S/C23H21NO5/c1-4-17-12-19-14(2)11-23(27)29-21(19)13-20(17)28-22(26)10-7-16-5-8-18(9-6-16)24-15(3)25/h5-13H,4H2,1-3H3,(H,24,25)/b10-7+. The van der Waals surface area contributed by atoms with Gasteiger partial charge in [-0.1, -0.05) is 19.1 Å². The third kappa shape index (κ3) is 4.99. The molecule has 0 unspecified atom stereocenters. The van der Waals surface area contributed by atoms with Gasteiger partial charge in [0.2, 0.25) is 5.91 Å². The Bertz CT molecular complexity index is 1160. The van der Waals surface area contributed by atoms with E-state index in [-0.39, 0.29) is 5.91 Å². The fourth-order valence-corrected chi connectivity index (χ4v) is 2.95. The molecule has 0 aliphatic rings. The fourth-order valence-electron chi connectivity index (χ4n) is 2.95. The summed E-state index contributed by atoms with van der Waals surface area (Å²) in [6, 6.07) is 11.9. The van der Waals surface area contributed by atoms with Gasteiger partial charge in [-0.15, -0.1) is 0 Å². The van der Waals surface area contributed by atoms with Gasteiger partial charge in [-0.05, 0) is 54.3 Å². The van der Waals surface area contributed by atoms with Crippen LogP contribution in [0, 0.1) is 6.92 Å². The zero-order valence-electron chi connectivity index (χ0n) is 16.4. The molecule has 6 heteroatoms. The number of fused-ring (bicyclic) bond motifs is 1. The summed E-state index contributed by atoms with van der Waals surface area (Å²) in [4.78, 5) is 35.0. The Balaban J connectivity index is 1.79. The molecule has 0 saturated carbocycles. The van der Waals surface area contributed by atoms with Gasteiger partial charge in [0.15, 0.2) is 0 Å². The number of carbonyl (C=O) groups excluding carboxylic acids is 2. The smallest absolute Gasteiger partial charge is 0.336 e. The minimum atomic E-state index is -0.542. The maximum absolute atomic E-state index is 12.3. The van der Waals surface area contributed by atoms with Crippen molar-refractivity contribution < 1.29 is 18.7 Å². The van der Waals surface area contributed by atoms with Crippen LogP contribution in [0.15, 0.2) is 57.8 Å². The highest BCUT2D eigenvalue weighted by atomic mass is 16.5. The number of anilines is 1. The van der Waals surface area contributed by atoms with E-state index in [0.717, 1.165) is 22.1 Å². The van der Waals surface area contributed by atoms with Crippen molar-refractivity contribution in [2.45, 2.75) is 27.2 Å². The van der Waals surface area contributed by atoms with Crippen LogP contribution in [-0.4, -0.2) is 11.9 Å². The molecule has 148 valence electrons. The first-order valence-corrected chi connectivity index (χ1v) is 9.20. The van der Waals surface area contributed by atoms with E-state index in [2.05, 4.69) is 5.32 Å². The van der Waals surface area contributed by atoms with Crippen LogP contribution in [0.3, 0.4) is 0 Å². The highest BCUT2D eigenvalue weighted by molar-refractivity contribution is 5.91. The van der Waals surface area contributed by atoms with Gasteiger partial charge in [0.1, 0.15) is 11.3 Å². The summed E-state index contributed by atoms with van der Waals surface area (Å²) < 4.78 is 10.7. The summed E-state index contributed by atoms with van der Waals surface area (Å²) in [5, 5.41) is 3.49. The molecule has 0 atom stereocenters. The number of carbonyl (C=O) groups is 2. The number of ether oxygens (including phenoxy) is 1. The van der Waals surface area contributed by atoms with E-state index in [1.54, 1.807) is 36.4 Å². The first-order chi connectivity index (χ1) is 13.9. The van der Waals surface area contributed by atoms with Gasteiger partial charge in [-0.2, -0.15) is 0 Å². The lowest BCUT2D eigenvalue weighted by Crippen LogP contribution is -2.07. The largest absolute Gasteiger partial charge is 0.423 e. The molecule has 0 spiro atoms. The Hall–Kier alpha value is -3.67. The predicted octanol–water partition coefficient (Wildman–Crippen LogP) is 4.24. The van der Waals surface area contributed by atoms with Gasteiger partial charge in [-0.25, -0.2) is 9.59 Å². The lowest BCUT2D eigenvalue weighted by atomic mass is 10.1. The van der Waals surface area contributed by atoms with Crippen LogP contribution in [0.5, 0.6) is 5.75 Å². The molecule has 3 rings (SSSR count). The zero-order valence-corrected chi connectivity index (χ0v) is 16.4. The zero-order chi connectivity index (χ0) is 21.0. The van der Waals surface area contributed by atoms with Crippen LogP contribution in [0.4, 0.5) is 5.69 Å². The summed E-state index contributed by atoms with van der Waals surface area (Å²) in [5.74, 6) is -0.325. The van der Waals surface area contributed by atoms with E-state index in [1.807, 2.05) is 19.9 Å². The number of aryl methyl sites for hydroxylation is 2. The summed E-state index contributed by atoms with van der Waals surface area (Å²) in [6.07, 6.45) is 3.60. The fraction of sp³-hybridized carbons (Fsp3) is 0.174. The molecule has 6 nitrogen and oxygen atoms in total. The van der Waals surface area contributed by atoms with E-state index >= 15 is 0 Å². The molecule has 0 radical (unpaired) electrons. The van der Waals surface area contributed by atoms with Crippen LogP contribution in [-0.2, 0) is 16.0 Å². The molecule has 29 heavy (non-hydrogen) atoms. The molecule has 2 aromatic carbocycles. The molecule has 0 aliphatic carbocycles. The van der Waals surface area contributed by atoms with Crippen LogP contribution in [0.1, 0.15) is 30.5 Å². The molecule has 1 amide bonds. The second kappa shape index (κ2) is 8.56. The average molecular weight is 391 g/mol. The maximum Gasteiger partial charge on any atom is 0.336 e. The number of esters is 1. The van der Waals surface area contributed by atoms with Gasteiger partial charge in [0.25, 0.3) is 0 Å². The number of amides is 1. The summed E-state index contributed by atoms with van der Waals surface area (Å²) in [5.41, 5.74) is 3.05. The predicted molar refractivity (Wildman–Crippen MR) is 112 cm³/mol. The van der Waals surface area contributed by atoms with Crippen LogP contribution >= 0.6 is 0 Å². The van der Waals surface area contributed by atoms with Crippen LogP contribution < -0.4 is 15.7 Å². The molecule has 1 N–H and O–H groups in total. The number of benzene rings is 2. The number of hydrogen-bond acceptors (Lipinski definition) is 5. The Morgan fingerprint density at radius 2 is 1.86 bits per heavy atom. The van der Waals surface area contributed by atoms with E-state index < -0.39 is 11.6 Å². The Morgan fingerprint density at radius 1 is 1.14 bits per heavy atom. The van der Waals surface area contributed by atoms with Crippen molar-refractivity contribution in [3.8, 4) is 5.75 Å². The molecule has 3 aromatic rings. The number of hydrogen-bond donors (Lipinski definition) is 1. The average Bonchev–Trinajstić information content (AvgIpc) is 2.66. The monoisotopic (exact) mass is 391 g/mol. The minimum Gasteiger partial charge on any atom is -0.423 e. The normalized spacial score (nSPS) is 11.0. The van der Waals surface area contributed by atoms with E-state index in [9.17, 15) is 14.4 Å². The van der Waals surface area contributed by atoms with Gasteiger partial charge in [0, 0.05) is 36.2 Å². The third-order valence-electron chi connectivity index (χ3n) is 4.37. The third-order valence-corrected chi connectivity index (χ3v) is 4.37. The summed E-state index contributed by atoms with van der Waals surface area (Å²) >= 11 is 0. The van der Waals surface area contributed by atoms with Crippen molar-refractivity contribution in [3.05, 3.63) is 75.7 Å². The van der Waals surface area contributed by atoms with Gasteiger partial charge in [-0.3, -0.25) is 4.79 Å². The molecule has 0 fully saturated rings. The Labute approximate surface area is 167 Å². The van der Waals surface area contributed by atoms with Crippen molar-refractivity contribution in [2.24, 2.45) is 0 Å². The molecule has 0 saturated heterocycles. The van der Waals surface area contributed by atoms with Crippen molar-refractivity contribution in [3.63, 3.8) is 0 Å². The number of rotatable bonds is 5. The second-order valence-corrected chi connectivity index (χ2v) is 6.62. The highest BCUT2D eigenvalue weighted by Crippen LogP contribution is 2.28. The second-order valence-electron chi connectivity index (χ2n) is 6.62. The van der Waals surface area contributed by atoms with Crippen molar-refractivity contribution >= 4 is 34.6 Å². The van der Waals surface area contributed by atoms with Crippen molar-refractivity contribution in [1.82, 2.24) is 0 Å². The highest BCUT2D eigenvalue weighted by Gasteiger charge is 2.11. The molecule has 0 bridgehead atoms. The maximum atomic E-state index is 12.3. The minimum absolute atomic E-state index is 0.148. The van der Waals surface area contributed by atoms with Crippen molar-refractivity contribution in [2.75, 3.05) is 5.32 Å². The molecule has 1 aromatic heterocycles. The van der Waals surface area contributed by atoms with Gasteiger partial charge < -0.3 is 14.5 Å². The summed E-state index contributed by atoms with van der Waals surface area (Å²) in [7, 11) is 0. The number of nitrogens with one attached hydrogen (secondary N) is 1. The molecular weight excluding hydrogens is 370 g/mol. The van der Waals surface area contributed by atoms with Crippen LogP contribution in [0.25, 0.3) is 17.0 Å². The van der Waals surface area contributed by atoms with Crippen molar-refractivity contribution in [1.29, 1.82) is 0 Å². The first kappa shape index (κ1) is 20.1. The van der Waals surface area contributed by atoms with Gasteiger partial charge >= 0.3 is 11.6 Å².